The number of ether oxygens (including phenoxy) is 1. The molecule has 1 atom stereocenters. The van der Waals surface area contributed by atoms with Crippen LogP contribution in [0.3, 0.4) is 0 Å². The van der Waals surface area contributed by atoms with Crippen molar-refractivity contribution in [3.05, 3.63) is 0 Å². The van der Waals surface area contributed by atoms with Crippen LogP contribution in [0.1, 0.15) is 19.3 Å². The maximum absolute atomic E-state index is 11.4. The van der Waals surface area contributed by atoms with Crippen molar-refractivity contribution in [3.63, 3.8) is 0 Å². The summed E-state index contributed by atoms with van der Waals surface area (Å²) in [6, 6.07) is 0. The van der Waals surface area contributed by atoms with Crippen LogP contribution in [0.2, 0.25) is 0 Å². The smallest absolute Gasteiger partial charge is 0.223 e. The molecule has 4 nitrogen and oxygen atoms in total. The fourth-order valence-electron chi connectivity index (χ4n) is 1.90. The van der Waals surface area contributed by atoms with E-state index in [0.29, 0.717) is 26.1 Å². The van der Waals surface area contributed by atoms with E-state index in [-0.39, 0.29) is 18.4 Å². The summed E-state index contributed by atoms with van der Waals surface area (Å²) in [5.41, 5.74) is 0. The molecule has 0 aromatic rings. The van der Waals surface area contributed by atoms with E-state index in [1.54, 1.807) is 4.90 Å². The van der Waals surface area contributed by atoms with Gasteiger partial charge in [-0.15, -0.1) is 0 Å². The first-order chi connectivity index (χ1) is 7.29. The summed E-state index contributed by atoms with van der Waals surface area (Å²) in [7, 11) is 0. The fraction of sp³-hybridized carbons (Fsp3) is 0.909. The van der Waals surface area contributed by atoms with Crippen molar-refractivity contribution in [1.82, 2.24) is 4.90 Å². The third-order valence-electron chi connectivity index (χ3n) is 3.11. The molecule has 4 heteroatoms. The van der Waals surface area contributed by atoms with Crippen molar-refractivity contribution < 1.29 is 14.6 Å². The SMILES string of the molecule is O=C1CC(CO)CN1CCOCC1CC1. The Bertz CT molecular complexity index is 228. The number of aliphatic hydroxyl groups is 1. The highest BCUT2D eigenvalue weighted by molar-refractivity contribution is 5.78. The van der Waals surface area contributed by atoms with Crippen LogP contribution in [0.4, 0.5) is 0 Å². The molecule has 1 saturated heterocycles. The molecule has 0 radical (unpaired) electrons. The largest absolute Gasteiger partial charge is 0.396 e. The van der Waals surface area contributed by atoms with Gasteiger partial charge in [0.25, 0.3) is 0 Å². The standard InChI is InChI=1S/C11H19NO3/c13-7-10-5-11(14)12(6-10)3-4-15-8-9-1-2-9/h9-10,13H,1-8H2. The number of carbonyl (C=O) groups excluding carboxylic acids is 1. The molecule has 1 aliphatic carbocycles. The van der Waals surface area contributed by atoms with Crippen LogP contribution in [0.15, 0.2) is 0 Å². The average Bonchev–Trinajstić information content (AvgIpc) is 2.98. The number of rotatable bonds is 6. The van der Waals surface area contributed by atoms with Crippen LogP contribution < -0.4 is 0 Å². The Kier molecular flexibility index (Phi) is 3.59. The van der Waals surface area contributed by atoms with Gasteiger partial charge in [-0.3, -0.25) is 4.79 Å². The van der Waals surface area contributed by atoms with Gasteiger partial charge >= 0.3 is 0 Å². The molecule has 0 spiro atoms. The minimum Gasteiger partial charge on any atom is -0.396 e. The molecule has 0 bridgehead atoms. The predicted octanol–water partition coefficient (Wildman–Crippen LogP) is 0.254. The van der Waals surface area contributed by atoms with Crippen LogP contribution in [-0.4, -0.2) is 48.8 Å². The van der Waals surface area contributed by atoms with Crippen molar-refractivity contribution in [2.45, 2.75) is 19.3 Å². The summed E-state index contributed by atoms with van der Waals surface area (Å²) in [6.45, 7) is 2.99. The Morgan fingerprint density at radius 1 is 1.40 bits per heavy atom. The Morgan fingerprint density at radius 2 is 2.20 bits per heavy atom. The van der Waals surface area contributed by atoms with Gasteiger partial charge in [-0.05, 0) is 18.8 Å². The fourth-order valence-corrected chi connectivity index (χ4v) is 1.90. The summed E-state index contributed by atoms with van der Waals surface area (Å²) in [4.78, 5) is 13.2. The van der Waals surface area contributed by atoms with Crippen molar-refractivity contribution in [2.75, 3.05) is 32.9 Å². The lowest BCUT2D eigenvalue weighted by Gasteiger charge is -2.16. The van der Waals surface area contributed by atoms with Crippen molar-refractivity contribution >= 4 is 5.91 Å². The zero-order chi connectivity index (χ0) is 10.7. The molecule has 1 unspecified atom stereocenters. The molecule has 0 aromatic heterocycles. The van der Waals surface area contributed by atoms with E-state index in [0.717, 1.165) is 12.5 Å². The summed E-state index contributed by atoms with van der Waals surface area (Å²) in [5, 5.41) is 8.94. The van der Waals surface area contributed by atoms with E-state index in [9.17, 15) is 4.79 Å². The number of carbonyl (C=O) groups is 1. The Balaban J connectivity index is 1.59. The first-order valence-corrected chi connectivity index (χ1v) is 5.76. The van der Waals surface area contributed by atoms with Gasteiger partial charge < -0.3 is 14.7 Å². The van der Waals surface area contributed by atoms with Gasteiger partial charge in [-0.1, -0.05) is 0 Å². The lowest BCUT2D eigenvalue weighted by Crippen LogP contribution is -2.29. The number of nitrogens with zero attached hydrogens (tertiary/aromatic N) is 1. The lowest BCUT2D eigenvalue weighted by atomic mass is 10.1. The van der Waals surface area contributed by atoms with E-state index in [1.807, 2.05) is 0 Å². The topological polar surface area (TPSA) is 49.8 Å². The van der Waals surface area contributed by atoms with Gasteiger partial charge in [-0.25, -0.2) is 0 Å². The molecule has 1 heterocycles. The highest BCUT2D eigenvalue weighted by atomic mass is 16.5. The molecule has 1 N–H and O–H groups in total. The van der Waals surface area contributed by atoms with Gasteiger partial charge in [0, 0.05) is 38.6 Å². The summed E-state index contributed by atoms with van der Waals surface area (Å²) in [5.74, 6) is 1.08. The Hall–Kier alpha value is -0.610. The molecule has 86 valence electrons. The number of aliphatic hydroxyl groups excluding tert-OH is 1. The van der Waals surface area contributed by atoms with Crippen molar-refractivity contribution in [2.24, 2.45) is 11.8 Å². The third kappa shape index (κ3) is 3.18. The van der Waals surface area contributed by atoms with Crippen LogP contribution in [0.25, 0.3) is 0 Å². The molecule has 1 saturated carbocycles. The van der Waals surface area contributed by atoms with Crippen LogP contribution in [0, 0.1) is 11.8 Å². The zero-order valence-corrected chi connectivity index (χ0v) is 9.02. The number of hydrogen-bond donors (Lipinski definition) is 1. The Labute approximate surface area is 90.2 Å². The summed E-state index contributed by atoms with van der Waals surface area (Å²) >= 11 is 0. The second-order valence-electron chi connectivity index (χ2n) is 4.61. The molecule has 2 rings (SSSR count). The quantitative estimate of drug-likeness (QED) is 0.644. The first kappa shape index (κ1) is 10.9. The second kappa shape index (κ2) is 4.94. The third-order valence-corrected chi connectivity index (χ3v) is 3.11. The van der Waals surface area contributed by atoms with E-state index >= 15 is 0 Å². The van der Waals surface area contributed by atoms with E-state index in [4.69, 9.17) is 9.84 Å². The van der Waals surface area contributed by atoms with Gasteiger partial charge in [-0.2, -0.15) is 0 Å². The van der Waals surface area contributed by atoms with Crippen molar-refractivity contribution in [1.29, 1.82) is 0 Å². The van der Waals surface area contributed by atoms with Gasteiger partial charge in [0.1, 0.15) is 0 Å². The van der Waals surface area contributed by atoms with Crippen molar-refractivity contribution in [3.8, 4) is 0 Å². The lowest BCUT2D eigenvalue weighted by molar-refractivity contribution is -0.128. The van der Waals surface area contributed by atoms with E-state index in [1.165, 1.54) is 12.8 Å². The molecule has 1 aliphatic heterocycles. The van der Waals surface area contributed by atoms with Crippen LogP contribution in [-0.2, 0) is 9.53 Å². The van der Waals surface area contributed by atoms with E-state index < -0.39 is 0 Å². The highest BCUT2D eigenvalue weighted by Gasteiger charge is 2.28. The molecule has 2 aliphatic rings. The average molecular weight is 213 g/mol. The second-order valence-corrected chi connectivity index (χ2v) is 4.61. The minimum absolute atomic E-state index is 0.116. The molecule has 15 heavy (non-hydrogen) atoms. The normalized spacial score (nSPS) is 26.3. The van der Waals surface area contributed by atoms with Crippen LogP contribution >= 0.6 is 0 Å². The van der Waals surface area contributed by atoms with Crippen LogP contribution in [0.5, 0.6) is 0 Å². The Morgan fingerprint density at radius 3 is 2.80 bits per heavy atom. The predicted molar refractivity (Wildman–Crippen MR) is 55.3 cm³/mol. The first-order valence-electron chi connectivity index (χ1n) is 5.76. The van der Waals surface area contributed by atoms with Gasteiger partial charge in [0.05, 0.1) is 6.61 Å². The maximum Gasteiger partial charge on any atom is 0.223 e. The number of amides is 1. The van der Waals surface area contributed by atoms with Gasteiger partial charge in [0.2, 0.25) is 5.91 Å². The van der Waals surface area contributed by atoms with Gasteiger partial charge in [0.15, 0.2) is 0 Å². The number of likely N-dealkylation sites (tertiary alicyclic amines) is 1. The molecule has 1 amide bonds. The number of hydrogen-bond acceptors (Lipinski definition) is 3. The molecule has 2 fully saturated rings. The molecular weight excluding hydrogens is 194 g/mol. The minimum atomic E-state index is 0.116. The molecule has 0 aromatic carbocycles. The molecular formula is C11H19NO3. The van der Waals surface area contributed by atoms with E-state index in [2.05, 4.69) is 0 Å². The zero-order valence-electron chi connectivity index (χ0n) is 9.02. The monoisotopic (exact) mass is 213 g/mol. The highest BCUT2D eigenvalue weighted by Crippen LogP contribution is 2.28. The maximum atomic E-state index is 11.4. The summed E-state index contributed by atoms with van der Waals surface area (Å²) < 4.78 is 5.48. The summed E-state index contributed by atoms with van der Waals surface area (Å²) in [6.07, 6.45) is 3.10.